The smallest absolute Gasteiger partial charge is 0.344 e. The first-order chi connectivity index (χ1) is 6.86. The lowest BCUT2D eigenvalue weighted by molar-refractivity contribution is 0.0710. The highest BCUT2D eigenvalue weighted by molar-refractivity contribution is 5.98. The standard InChI is InChI=1S/C10H9NO3/c12-10(8-4-2-1-3-5-8)14-9-6-7-13-11-9/h1-5H,6-7H2. The molecule has 0 radical (unpaired) electrons. The fourth-order valence-electron chi connectivity index (χ4n) is 1.11. The zero-order valence-electron chi connectivity index (χ0n) is 7.47. The second kappa shape index (κ2) is 3.91. The Morgan fingerprint density at radius 1 is 1.36 bits per heavy atom. The number of hydrogen-bond acceptors (Lipinski definition) is 4. The van der Waals surface area contributed by atoms with Crippen molar-refractivity contribution in [2.75, 3.05) is 6.61 Å². The minimum Gasteiger partial charge on any atom is -0.405 e. The first kappa shape index (κ1) is 8.74. The maximum atomic E-state index is 11.4. The maximum absolute atomic E-state index is 11.4. The van der Waals surface area contributed by atoms with Crippen molar-refractivity contribution in [3.63, 3.8) is 0 Å². The summed E-state index contributed by atoms with van der Waals surface area (Å²) in [5, 5.41) is 3.57. The van der Waals surface area contributed by atoms with E-state index in [9.17, 15) is 4.79 Å². The fourth-order valence-corrected chi connectivity index (χ4v) is 1.11. The number of nitrogens with zero attached hydrogens (tertiary/aromatic N) is 1. The molecule has 4 heteroatoms. The van der Waals surface area contributed by atoms with Crippen LogP contribution < -0.4 is 0 Å². The zero-order valence-corrected chi connectivity index (χ0v) is 7.47. The maximum Gasteiger partial charge on any atom is 0.344 e. The Hall–Kier alpha value is -1.84. The molecule has 2 rings (SSSR count). The van der Waals surface area contributed by atoms with Crippen molar-refractivity contribution in [3.8, 4) is 0 Å². The molecule has 0 saturated heterocycles. The molecule has 4 nitrogen and oxygen atoms in total. The van der Waals surface area contributed by atoms with Gasteiger partial charge in [-0.15, -0.1) is 0 Å². The van der Waals surface area contributed by atoms with Crippen molar-refractivity contribution in [1.29, 1.82) is 0 Å². The molecule has 0 bridgehead atoms. The topological polar surface area (TPSA) is 47.9 Å². The van der Waals surface area contributed by atoms with Gasteiger partial charge in [-0.3, -0.25) is 0 Å². The van der Waals surface area contributed by atoms with Gasteiger partial charge in [0.15, 0.2) is 0 Å². The molecule has 0 unspecified atom stereocenters. The van der Waals surface area contributed by atoms with Crippen LogP contribution in [0, 0.1) is 0 Å². The number of carbonyl (C=O) groups excluding carboxylic acids is 1. The zero-order chi connectivity index (χ0) is 9.80. The van der Waals surface area contributed by atoms with Gasteiger partial charge in [0.2, 0.25) is 5.90 Å². The molecule has 14 heavy (non-hydrogen) atoms. The van der Waals surface area contributed by atoms with Crippen molar-refractivity contribution < 1.29 is 14.4 Å². The van der Waals surface area contributed by atoms with Gasteiger partial charge in [-0.05, 0) is 12.1 Å². The van der Waals surface area contributed by atoms with Crippen LogP contribution in [0.3, 0.4) is 0 Å². The fraction of sp³-hybridized carbons (Fsp3) is 0.200. The van der Waals surface area contributed by atoms with E-state index in [1.54, 1.807) is 24.3 Å². The van der Waals surface area contributed by atoms with Gasteiger partial charge in [0.25, 0.3) is 0 Å². The molecule has 0 atom stereocenters. The van der Waals surface area contributed by atoms with Crippen LogP contribution in [-0.2, 0) is 9.57 Å². The number of oxime groups is 1. The Labute approximate surface area is 81.1 Å². The Bertz CT molecular complexity index is 359. The van der Waals surface area contributed by atoms with Crippen LogP contribution in [0.25, 0.3) is 0 Å². The highest BCUT2D eigenvalue weighted by Crippen LogP contribution is 2.06. The lowest BCUT2D eigenvalue weighted by Crippen LogP contribution is -2.10. The first-order valence-corrected chi connectivity index (χ1v) is 4.32. The van der Waals surface area contributed by atoms with Gasteiger partial charge >= 0.3 is 5.97 Å². The lowest BCUT2D eigenvalue weighted by Gasteiger charge is -2.00. The molecule has 0 aromatic heterocycles. The van der Waals surface area contributed by atoms with Crippen LogP contribution in [-0.4, -0.2) is 18.5 Å². The van der Waals surface area contributed by atoms with Gasteiger partial charge in [0.05, 0.1) is 12.0 Å². The largest absolute Gasteiger partial charge is 0.405 e. The average molecular weight is 191 g/mol. The van der Waals surface area contributed by atoms with Gasteiger partial charge in [0.1, 0.15) is 6.61 Å². The SMILES string of the molecule is O=C(OC1=NOCC1)c1ccccc1. The number of esters is 1. The Kier molecular flexibility index (Phi) is 2.44. The quantitative estimate of drug-likeness (QED) is 0.633. The van der Waals surface area contributed by atoms with E-state index in [2.05, 4.69) is 5.16 Å². The van der Waals surface area contributed by atoms with Crippen molar-refractivity contribution >= 4 is 11.9 Å². The molecule has 0 spiro atoms. The third-order valence-electron chi connectivity index (χ3n) is 1.79. The van der Waals surface area contributed by atoms with Crippen molar-refractivity contribution in [1.82, 2.24) is 0 Å². The van der Waals surface area contributed by atoms with Crippen LogP contribution >= 0.6 is 0 Å². The molecule has 1 aliphatic heterocycles. The number of rotatable bonds is 1. The van der Waals surface area contributed by atoms with E-state index in [-0.39, 0.29) is 0 Å². The summed E-state index contributed by atoms with van der Waals surface area (Å²) in [6, 6.07) is 8.79. The van der Waals surface area contributed by atoms with Crippen LogP contribution in [0.15, 0.2) is 35.5 Å². The van der Waals surface area contributed by atoms with Crippen molar-refractivity contribution in [3.05, 3.63) is 35.9 Å². The van der Waals surface area contributed by atoms with Crippen LogP contribution in [0.1, 0.15) is 16.8 Å². The molecule has 72 valence electrons. The molecule has 0 amide bonds. The van der Waals surface area contributed by atoms with Gasteiger partial charge in [-0.2, -0.15) is 0 Å². The number of carbonyl (C=O) groups is 1. The summed E-state index contributed by atoms with van der Waals surface area (Å²) < 4.78 is 4.98. The minimum absolute atomic E-state index is 0.346. The van der Waals surface area contributed by atoms with E-state index < -0.39 is 5.97 Å². The van der Waals surface area contributed by atoms with Gasteiger partial charge in [-0.25, -0.2) is 4.79 Å². The molecule has 0 fully saturated rings. The van der Waals surface area contributed by atoms with E-state index in [0.717, 1.165) is 0 Å². The van der Waals surface area contributed by atoms with Crippen molar-refractivity contribution in [2.24, 2.45) is 5.16 Å². The van der Waals surface area contributed by atoms with E-state index in [1.807, 2.05) is 6.07 Å². The predicted molar refractivity (Wildman–Crippen MR) is 49.9 cm³/mol. The van der Waals surface area contributed by atoms with Gasteiger partial charge in [-0.1, -0.05) is 23.4 Å². The predicted octanol–water partition coefficient (Wildman–Crippen LogP) is 1.58. The molecular formula is C10H9NO3. The summed E-state index contributed by atoms with van der Waals surface area (Å²) in [5.74, 6) is -0.0475. The summed E-state index contributed by atoms with van der Waals surface area (Å²) in [6.07, 6.45) is 0.554. The second-order valence-electron chi connectivity index (χ2n) is 2.82. The highest BCUT2D eigenvalue weighted by Gasteiger charge is 2.15. The number of hydrogen-bond donors (Lipinski definition) is 0. The Morgan fingerprint density at radius 3 is 2.79 bits per heavy atom. The molecule has 0 aliphatic carbocycles. The van der Waals surface area contributed by atoms with Crippen LogP contribution in [0.2, 0.25) is 0 Å². The molecule has 1 aromatic rings. The van der Waals surface area contributed by atoms with Gasteiger partial charge in [0, 0.05) is 0 Å². The summed E-state index contributed by atoms with van der Waals surface area (Å²) in [5.41, 5.74) is 0.516. The summed E-state index contributed by atoms with van der Waals surface area (Å²) in [6.45, 7) is 0.484. The molecule has 1 aliphatic rings. The Morgan fingerprint density at radius 2 is 2.14 bits per heavy atom. The Balaban J connectivity index is 2.03. The molecular weight excluding hydrogens is 182 g/mol. The third kappa shape index (κ3) is 1.90. The van der Waals surface area contributed by atoms with Gasteiger partial charge < -0.3 is 9.57 Å². The highest BCUT2D eigenvalue weighted by atomic mass is 16.7. The van der Waals surface area contributed by atoms with Crippen LogP contribution in [0.4, 0.5) is 0 Å². The van der Waals surface area contributed by atoms with E-state index >= 15 is 0 Å². The molecule has 1 heterocycles. The summed E-state index contributed by atoms with van der Waals surface area (Å²) in [4.78, 5) is 16.1. The monoisotopic (exact) mass is 191 g/mol. The molecule has 0 N–H and O–H groups in total. The van der Waals surface area contributed by atoms with E-state index in [4.69, 9.17) is 9.57 Å². The number of benzene rings is 1. The lowest BCUT2D eigenvalue weighted by atomic mass is 10.2. The second-order valence-corrected chi connectivity index (χ2v) is 2.82. The summed E-state index contributed by atoms with van der Waals surface area (Å²) >= 11 is 0. The summed E-state index contributed by atoms with van der Waals surface area (Å²) in [7, 11) is 0. The number of ether oxygens (including phenoxy) is 1. The third-order valence-corrected chi connectivity index (χ3v) is 1.79. The van der Waals surface area contributed by atoms with Crippen LogP contribution in [0.5, 0.6) is 0 Å². The molecule has 1 aromatic carbocycles. The first-order valence-electron chi connectivity index (χ1n) is 4.32. The minimum atomic E-state index is -0.394. The normalized spacial score (nSPS) is 14.4. The van der Waals surface area contributed by atoms with Crippen molar-refractivity contribution in [2.45, 2.75) is 6.42 Å². The molecule has 0 saturated carbocycles. The van der Waals surface area contributed by atoms with E-state index in [1.165, 1.54) is 0 Å². The average Bonchev–Trinajstić information content (AvgIpc) is 2.72. The van der Waals surface area contributed by atoms with E-state index in [0.29, 0.717) is 24.5 Å².